The molecule has 37 heavy (non-hydrogen) atoms. The number of anilines is 2. The van der Waals surface area contributed by atoms with Gasteiger partial charge in [0.05, 0.1) is 12.1 Å². The van der Waals surface area contributed by atoms with Crippen LogP contribution in [0.5, 0.6) is 0 Å². The number of nitrogens with two attached hydrogens (primary N) is 1. The highest BCUT2D eigenvalue weighted by Gasteiger charge is 2.54. The molecule has 198 valence electrons. The number of likely N-dealkylation sites (N-methyl/N-ethyl adjacent to an activating group) is 1. The van der Waals surface area contributed by atoms with Gasteiger partial charge in [0.25, 0.3) is 5.69 Å². The normalized spacial score (nSPS) is 27.4. The molecule has 2 bridgehead atoms. The molecule has 1 aliphatic heterocycles. The van der Waals surface area contributed by atoms with Gasteiger partial charge in [-0.05, 0) is 80.1 Å². The summed E-state index contributed by atoms with van der Waals surface area (Å²) in [6.07, 6.45) is 5.66. The first-order chi connectivity index (χ1) is 17.8. The summed E-state index contributed by atoms with van der Waals surface area (Å²) in [6, 6.07) is 5.59. The fourth-order valence-electron chi connectivity index (χ4n) is 6.80. The fraction of sp³-hybridized carbons (Fsp3) is 0.577. The lowest BCUT2D eigenvalue weighted by atomic mass is 9.76. The van der Waals surface area contributed by atoms with E-state index < -0.39 is 5.82 Å². The van der Waals surface area contributed by atoms with E-state index in [1.807, 2.05) is 17.3 Å². The molecule has 0 spiro atoms. The Morgan fingerprint density at radius 2 is 2.05 bits per heavy atom. The van der Waals surface area contributed by atoms with Gasteiger partial charge in [0.2, 0.25) is 11.2 Å². The number of amides is 1. The number of halogens is 2. The van der Waals surface area contributed by atoms with E-state index in [-0.39, 0.29) is 40.8 Å². The largest absolute Gasteiger partial charge is 0.369 e. The lowest BCUT2D eigenvalue weighted by molar-refractivity contribution is -0.379. The Morgan fingerprint density at radius 1 is 1.27 bits per heavy atom. The number of nitrogens with one attached hydrogen (secondary N) is 2. The summed E-state index contributed by atoms with van der Waals surface area (Å²) >= 11 is 5.88. The molecule has 1 amide bonds. The van der Waals surface area contributed by atoms with Gasteiger partial charge in [-0.15, -0.1) is 0 Å². The Morgan fingerprint density at radius 3 is 2.78 bits per heavy atom. The molecule has 2 saturated carbocycles. The third-order valence-electron chi connectivity index (χ3n) is 8.55. The number of nitroso groups, excluding NO2 is 1. The number of primary amides is 1. The number of hydrogen-bond acceptors (Lipinski definition) is 7. The van der Waals surface area contributed by atoms with Crippen LogP contribution < -0.4 is 21.1 Å². The number of fused-ring (bicyclic) bond motifs is 2. The van der Waals surface area contributed by atoms with Crippen molar-refractivity contribution in [2.75, 3.05) is 43.4 Å². The number of carbonyl (C=O) groups is 1. The average molecular weight is 531 g/mol. The van der Waals surface area contributed by atoms with Gasteiger partial charge >= 0.3 is 0 Å². The Balaban J connectivity index is 1.27. The number of aryl methyl sites for hydroxylation is 1. The van der Waals surface area contributed by atoms with E-state index >= 15 is 0 Å². The van der Waals surface area contributed by atoms with Crippen LogP contribution in [0.4, 0.5) is 21.6 Å². The number of rotatable bonds is 9. The standard InChI is InChI=1S/C26H33ClFN7O2/c1-34-7-9-35(10-8-34)21-6-5-18(33-37)12-16(21)4-2-3-15-11-17-13-19(15)23(22(17)24(29)36)31-25-20(28)14-30-26(27)32-25/h5-6,12,14-15,17,19,22-23H,2-4,7-11,13H2,1H3,(H2,29,36)(H,30,31,32)/p+1/t15-,17+,19-,22+,23-/m1/s1. The summed E-state index contributed by atoms with van der Waals surface area (Å²) < 4.78 is 14.4. The van der Waals surface area contributed by atoms with Crippen molar-refractivity contribution in [3.63, 3.8) is 0 Å². The molecule has 1 aromatic carbocycles. The molecule has 3 aliphatic rings. The molecular formula is C26H34ClFN7O2+. The lowest BCUT2D eigenvalue weighted by Gasteiger charge is -2.36. The molecule has 5 atom stereocenters. The van der Waals surface area contributed by atoms with Crippen molar-refractivity contribution in [2.24, 2.45) is 29.4 Å². The third kappa shape index (κ3) is 5.40. The van der Waals surface area contributed by atoms with Crippen molar-refractivity contribution in [2.45, 2.75) is 38.1 Å². The fourth-order valence-corrected chi connectivity index (χ4v) is 6.93. The van der Waals surface area contributed by atoms with Gasteiger partial charge in [-0.3, -0.25) is 4.79 Å². The van der Waals surface area contributed by atoms with Gasteiger partial charge in [-0.1, -0.05) is 0 Å². The summed E-state index contributed by atoms with van der Waals surface area (Å²) in [7, 11) is 2.14. The van der Waals surface area contributed by atoms with E-state index in [1.165, 1.54) is 11.3 Å². The number of benzene rings is 1. The van der Waals surface area contributed by atoms with Crippen LogP contribution in [0.2, 0.25) is 5.28 Å². The van der Waals surface area contributed by atoms with Gasteiger partial charge in [-0.2, -0.15) is 4.98 Å². The van der Waals surface area contributed by atoms with Crippen LogP contribution in [-0.4, -0.2) is 60.0 Å². The van der Waals surface area contributed by atoms with Crippen molar-refractivity contribution in [1.82, 2.24) is 14.9 Å². The number of piperazine rings is 1. The molecular weight excluding hydrogens is 497 g/mol. The molecule has 1 saturated heterocycles. The van der Waals surface area contributed by atoms with Crippen molar-refractivity contribution < 1.29 is 14.4 Å². The first kappa shape index (κ1) is 25.8. The van der Waals surface area contributed by atoms with E-state index in [0.717, 1.165) is 64.5 Å². The number of hydrogen-bond donors (Lipinski definition) is 3. The van der Waals surface area contributed by atoms with Gasteiger partial charge in [0, 0.05) is 60.1 Å². The third-order valence-corrected chi connectivity index (χ3v) is 8.73. The monoisotopic (exact) mass is 530 g/mol. The van der Waals surface area contributed by atoms with Crippen LogP contribution in [0.15, 0.2) is 24.4 Å². The lowest BCUT2D eigenvalue weighted by Crippen LogP contribution is -2.55. The number of nitrogens with zero attached hydrogens (tertiary/aromatic N) is 4. The van der Waals surface area contributed by atoms with E-state index in [9.17, 15) is 14.1 Å². The molecule has 0 unspecified atom stereocenters. The van der Waals surface area contributed by atoms with Gasteiger partial charge < -0.3 is 20.9 Å². The van der Waals surface area contributed by atoms with Crippen molar-refractivity contribution in [1.29, 1.82) is 0 Å². The summed E-state index contributed by atoms with van der Waals surface area (Å²) in [5.41, 5.74) is 8.72. The van der Waals surface area contributed by atoms with Gasteiger partial charge in [0.1, 0.15) is 0 Å². The molecule has 2 heterocycles. The minimum Gasteiger partial charge on any atom is -0.369 e. The second-order valence-electron chi connectivity index (χ2n) is 10.7. The summed E-state index contributed by atoms with van der Waals surface area (Å²) in [5.74, 6) is -0.537. The maximum absolute atomic E-state index is 14.4. The predicted octanol–water partition coefficient (Wildman–Crippen LogP) is 2.06. The first-order valence-electron chi connectivity index (χ1n) is 13.0. The zero-order valence-electron chi connectivity index (χ0n) is 21.0. The highest BCUT2D eigenvalue weighted by Crippen LogP contribution is 2.54. The molecule has 1 aromatic heterocycles. The van der Waals surface area contributed by atoms with Crippen LogP contribution in [-0.2, 0) is 11.2 Å². The Kier molecular flexibility index (Phi) is 7.57. The molecule has 0 radical (unpaired) electrons. The molecule has 9 nitrogen and oxygen atoms in total. The quantitative estimate of drug-likeness (QED) is 0.425. The average Bonchev–Trinajstić information content (AvgIpc) is 3.45. The topological polar surface area (TPSA) is 118 Å². The molecule has 2 aromatic rings. The van der Waals surface area contributed by atoms with Crippen LogP contribution >= 0.6 is 11.6 Å². The summed E-state index contributed by atoms with van der Waals surface area (Å²) in [4.78, 5) is 36.0. The van der Waals surface area contributed by atoms with Gasteiger partial charge in [-0.25, -0.2) is 9.37 Å². The van der Waals surface area contributed by atoms with E-state index in [1.54, 1.807) is 0 Å². The highest BCUT2D eigenvalue weighted by atomic mass is 35.5. The van der Waals surface area contributed by atoms with Crippen molar-refractivity contribution in [3.8, 4) is 0 Å². The minimum absolute atomic E-state index is 0.0151. The smallest absolute Gasteiger partial charge is 0.253 e. The summed E-state index contributed by atoms with van der Waals surface area (Å²) in [6.45, 7) is 3.95. The zero-order chi connectivity index (χ0) is 26.1. The Hall–Kier alpha value is -2.85. The second-order valence-corrected chi connectivity index (χ2v) is 11.1. The predicted molar refractivity (Wildman–Crippen MR) is 140 cm³/mol. The second kappa shape index (κ2) is 10.9. The zero-order valence-corrected chi connectivity index (χ0v) is 21.8. The van der Waals surface area contributed by atoms with E-state index in [2.05, 4.69) is 38.2 Å². The molecule has 11 heteroatoms. The van der Waals surface area contributed by atoms with Gasteiger partial charge in [0.15, 0.2) is 11.6 Å². The molecule has 3 fully saturated rings. The van der Waals surface area contributed by atoms with E-state index in [0.29, 0.717) is 11.6 Å². The van der Waals surface area contributed by atoms with Crippen LogP contribution in [0.3, 0.4) is 0 Å². The number of carbonyl (C=O) groups excluding carboxylic acids is 1. The SMILES string of the molecule is CN1CCN(c2ccc([NH+]=O)cc2CCC[C@@H]2C[C@H]3C[C@H]2[C@@H](Nc2nc(Cl)ncc2F)[C@H]3C(N)=O)CC1. The molecule has 4 N–H and O–H groups in total. The van der Waals surface area contributed by atoms with Crippen LogP contribution in [0, 0.1) is 34.4 Å². The van der Waals surface area contributed by atoms with Crippen molar-refractivity contribution >= 4 is 34.7 Å². The van der Waals surface area contributed by atoms with Crippen molar-refractivity contribution in [3.05, 3.63) is 46.0 Å². The highest BCUT2D eigenvalue weighted by molar-refractivity contribution is 6.28. The maximum atomic E-state index is 14.4. The minimum atomic E-state index is -0.602. The molecule has 5 rings (SSSR count). The number of aromatic nitrogens is 2. The summed E-state index contributed by atoms with van der Waals surface area (Å²) in [5, 5.41) is 5.14. The van der Waals surface area contributed by atoms with Crippen LogP contribution in [0.1, 0.15) is 31.2 Å². The Labute approximate surface area is 220 Å². The Bertz CT molecular complexity index is 1160. The maximum Gasteiger partial charge on any atom is 0.253 e. The van der Waals surface area contributed by atoms with Crippen LogP contribution in [0.25, 0.3) is 0 Å². The molecule has 2 aliphatic carbocycles. The van der Waals surface area contributed by atoms with E-state index in [4.69, 9.17) is 17.3 Å². The first-order valence-corrected chi connectivity index (χ1v) is 13.4.